The lowest BCUT2D eigenvalue weighted by Gasteiger charge is -2.09. The molecule has 2 aromatic heterocycles. The minimum Gasteiger partial charge on any atom is -0.284 e. The van der Waals surface area contributed by atoms with Crippen LogP contribution in [0.1, 0.15) is 12.6 Å². The molecule has 2 heterocycles. The van der Waals surface area contributed by atoms with Crippen LogP contribution in [0.5, 0.6) is 0 Å². The molecular weight excluding hydrogens is 371 g/mol. The van der Waals surface area contributed by atoms with Crippen molar-refractivity contribution in [1.29, 1.82) is 0 Å². The molecule has 6 heteroatoms. The number of benzene rings is 2. The quantitative estimate of drug-likeness (QED) is 0.356. The largest absolute Gasteiger partial charge is 0.284 e. The highest BCUT2D eigenvalue weighted by molar-refractivity contribution is 7.07. The van der Waals surface area contributed by atoms with E-state index < -0.39 is 0 Å². The molecule has 0 bridgehead atoms. The molecule has 4 aromatic rings. The SMILES string of the molecule is C/C(=N\N=c1/scc(-c2ccc(F)cc2)n1-c1ccccc1)c1ccccn1. The van der Waals surface area contributed by atoms with Gasteiger partial charge in [-0.15, -0.1) is 16.4 Å². The zero-order valence-electron chi connectivity index (χ0n) is 15.2. The van der Waals surface area contributed by atoms with E-state index >= 15 is 0 Å². The molecule has 0 saturated heterocycles. The number of nitrogens with zero attached hydrogens (tertiary/aromatic N) is 4. The summed E-state index contributed by atoms with van der Waals surface area (Å²) in [5.74, 6) is -0.259. The molecule has 0 fully saturated rings. The summed E-state index contributed by atoms with van der Waals surface area (Å²) >= 11 is 1.48. The fraction of sp³-hybridized carbons (Fsp3) is 0.0455. The third-order valence-corrected chi connectivity index (χ3v) is 5.00. The predicted octanol–water partition coefficient (Wildman–Crippen LogP) is 5.06. The van der Waals surface area contributed by atoms with Crippen LogP contribution in [0.3, 0.4) is 0 Å². The van der Waals surface area contributed by atoms with E-state index in [-0.39, 0.29) is 5.82 Å². The van der Waals surface area contributed by atoms with E-state index in [1.165, 1.54) is 23.5 Å². The summed E-state index contributed by atoms with van der Waals surface area (Å²) < 4.78 is 15.4. The van der Waals surface area contributed by atoms with Gasteiger partial charge in [0.05, 0.1) is 17.1 Å². The van der Waals surface area contributed by atoms with Gasteiger partial charge in [0.2, 0.25) is 4.80 Å². The smallest absolute Gasteiger partial charge is 0.215 e. The fourth-order valence-electron chi connectivity index (χ4n) is 2.78. The number of rotatable bonds is 4. The van der Waals surface area contributed by atoms with E-state index in [2.05, 4.69) is 15.2 Å². The normalized spacial score (nSPS) is 12.4. The topological polar surface area (TPSA) is 42.5 Å². The maximum absolute atomic E-state index is 13.4. The van der Waals surface area contributed by atoms with Crippen molar-refractivity contribution in [3.63, 3.8) is 0 Å². The van der Waals surface area contributed by atoms with E-state index in [1.54, 1.807) is 18.3 Å². The van der Waals surface area contributed by atoms with Crippen molar-refractivity contribution >= 4 is 17.0 Å². The first-order valence-corrected chi connectivity index (χ1v) is 9.62. The number of hydrogen-bond acceptors (Lipinski definition) is 4. The van der Waals surface area contributed by atoms with Crippen molar-refractivity contribution in [2.75, 3.05) is 0 Å². The van der Waals surface area contributed by atoms with Crippen molar-refractivity contribution in [2.45, 2.75) is 6.92 Å². The van der Waals surface area contributed by atoms with Gasteiger partial charge < -0.3 is 0 Å². The van der Waals surface area contributed by atoms with Gasteiger partial charge >= 0.3 is 0 Å². The second-order valence-electron chi connectivity index (χ2n) is 6.08. The first-order chi connectivity index (χ1) is 13.7. The molecule has 0 N–H and O–H groups in total. The molecule has 0 amide bonds. The van der Waals surface area contributed by atoms with Crippen LogP contribution in [0.25, 0.3) is 16.9 Å². The maximum atomic E-state index is 13.4. The van der Waals surface area contributed by atoms with Crippen LogP contribution >= 0.6 is 11.3 Å². The van der Waals surface area contributed by atoms with Gasteiger partial charge in [0, 0.05) is 17.3 Å². The highest BCUT2D eigenvalue weighted by Crippen LogP contribution is 2.23. The lowest BCUT2D eigenvalue weighted by molar-refractivity contribution is 0.628. The number of thiazole rings is 1. The molecule has 28 heavy (non-hydrogen) atoms. The standard InChI is InChI=1S/C22H17FN4S/c1-16(20-9-5-6-14-24-20)25-26-22-27(19-7-3-2-4-8-19)21(15-28-22)17-10-12-18(23)13-11-17/h2-15H,1H3/b25-16+,26-22-. The van der Waals surface area contributed by atoms with Crippen LogP contribution in [-0.4, -0.2) is 15.3 Å². The second-order valence-corrected chi connectivity index (χ2v) is 6.92. The Morgan fingerprint density at radius 2 is 1.71 bits per heavy atom. The Balaban J connectivity index is 1.85. The van der Waals surface area contributed by atoms with Gasteiger partial charge in [-0.3, -0.25) is 9.55 Å². The summed E-state index contributed by atoms with van der Waals surface area (Å²) in [7, 11) is 0. The van der Waals surface area contributed by atoms with Crippen molar-refractivity contribution in [3.05, 3.63) is 101 Å². The molecule has 4 rings (SSSR count). The first-order valence-electron chi connectivity index (χ1n) is 8.74. The Hall–Kier alpha value is -3.38. The monoisotopic (exact) mass is 388 g/mol. The molecule has 2 aromatic carbocycles. The minimum absolute atomic E-state index is 0.259. The van der Waals surface area contributed by atoms with Gasteiger partial charge in [0.25, 0.3) is 0 Å². The van der Waals surface area contributed by atoms with E-state index in [0.29, 0.717) is 0 Å². The molecule has 0 unspecified atom stereocenters. The molecule has 4 nitrogen and oxygen atoms in total. The Kier molecular flexibility index (Phi) is 5.21. The van der Waals surface area contributed by atoms with E-state index in [4.69, 9.17) is 0 Å². The van der Waals surface area contributed by atoms with Gasteiger partial charge in [-0.25, -0.2) is 4.39 Å². The average Bonchev–Trinajstić information content (AvgIpc) is 3.17. The van der Waals surface area contributed by atoms with Gasteiger partial charge in [0.15, 0.2) is 0 Å². The van der Waals surface area contributed by atoms with Gasteiger partial charge in [0.1, 0.15) is 5.82 Å². The number of aromatic nitrogens is 2. The minimum atomic E-state index is -0.259. The number of pyridine rings is 1. The highest BCUT2D eigenvalue weighted by atomic mass is 32.1. The lowest BCUT2D eigenvalue weighted by atomic mass is 10.1. The van der Waals surface area contributed by atoms with E-state index in [9.17, 15) is 4.39 Å². The van der Waals surface area contributed by atoms with Crippen molar-refractivity contribution in [3.8, 4) is 16.9 Å². The van der Waals surface area contributed by atoms with E-state index in [0.717, 1.165) is 33.2 Å². The summed E-state index contributed by atoms with van der Waals surface area (Å²) in [5.41, 5.74) is 4.33. The number of hydrogen-bond donors (Lipinski definition) is 0. The summed E-state index contributed by atoms with van der Waals surface area (Å²) in [4.78, 5) is 5.03. The highest BCUT2D eigenvalue weighted by Gasteiger charge is 2.10. The van der Waals surface area contributed by atoms with Gasteiger partial charge in [-0.1, -0.05) is 24.3 Å². The van der Waals surface area contributed by atoms with Gasteiger partial charge in [-0.2, -0.15) is 5.10 Å². The van der Waals surface area contributed by atoms with Gasteiger partial charge in [-0.05, 0) is 61.0 Å². The molecule has 0 radical (unpaired) electrons. The molecular formula is C22H17FN4S. The van der Waals surface area contributed by atoms with Crippen LogP contribution in [0.15, 0.2) is 94.6 Å². The van der Waals surface area contributed by atoms with Crippen LogP contribution in [0, 0.1) is 5.82 Å². The third-order valence-electron chi connectivity index (χ3n) is 4.18. The predicted molar refractivity (Wildman–Crippen MR) is 111 cm³/mol. The lowest BCUT2D eigenvalue weighted by Crippen LogP contribution is -2.13. The third kappa shape index (κ3) is 3.82. The fourth-order valence-corrected chi connectivity index (χ4v) is 3.63. The Labute approximate surface area is 166 Å². The zero-order valence-corrected chi connectivity index (χ0v) is 16.0. The summed E-state index contributed by atoms with van der Waals surface area (Å²) in [5, 5.41) is 10.9. The Morgan fingerprint density at radius 1 is 0.964 bits per heavy atom. The van der Waals surface area contributed by atoms with Crippen LogP contribution in [0.2, 0.25) is 0 Å². The molecule has 0 aliphatic rings. The maximum Gasteiger partial charge on any atom is 0.215 e. The van der Waals surface area contributed by atoms with E-state index in [1.807, 2.05) is 65.4 Å². The molecule has 138 valence electrons. The molecule has 0 aliphatic carbocycles. The molecule has 0 spiro atoms. The number of halogens is 1. The average molecular weight is 388 g/mol. The zero-order chi connectivity index (χ0) is 19.3. The van der Waals surface area contributed by atoms with Crippen LogP contribution < -0.4 is 4.80 Å². The second kappa shape index (κ2) is 8.10. The van der Waals surface area contributed by atoms with Crippen LogP contribution in [-0.2, 0) is 0 Å². The summed E-state index contributed by atoms with van der Waals surface area (Å²) in [6.45, 7) is 1.88. The molecule has 0 aliphatic heterocycles. The van der Waals surface area contributed by atoms with Crippen molar-refractivity contribution in [1.82, 2.24) is 9.55 Å². The number of para-hydroxylation sites is 1. The Morgan fingerprint density at radius 3 is 2.43 bits per heavy atom. The Bertz CT molecular complexity index is 1160. The summed E-state index contributed by atoms with van der Waals surface area (Å²) in [6, 6.07) is 22.1. The summed E-state index contributed by atoms with van der Waals surface area (Å²) in [6.07, 6.45) is 1.73. The van der Waals surface area contributed by atoms with Crippen molar-refractivity contribution in [2.24, 2.45) is 10.2 Å². The first kappa shape index (κ1) is 18.0. The molecule has 0 saturated carbocycles. The van der Waals surface area contributed by atoms with Crippen LogP contribution in [0.4, 0.5) is 4.39 Å². The van der Waals surface area contributed by atoms with Crippen molar-refractivity contribution < 1.29 is 4.39 Å². The molecule has 0 atom stereocenters.